The highest BCUT2D eigenvalue weighted by Crippen LogP contribution is 2.00. The Bertz CT molecular complexity index is 585. The predicted molar refractivity (Wildman–Crippen MR) is 63.6 cm³/mol. The maximum absolute atomic E-state index is 11.0. The molecule has 0 aliphatic rings. The highest BCUT2D eigenvalue weighted by molar-refractivity contribution is 6.81. The second-order valence-electron chi connectivity index (χ2n) is 3.30. The van der Waals surface area contributed by atoms with Crippen LogP contribution in [0, 0.1) is 0 Å². The van der Waals surface area contributed by atoms with Crippen LogP contribution >= 0.6 is 0 Å². The Morgan fingerprint density at radius 1 is 0.941 bits per heavy atom. The van der Waals surface area contributed by atoms with E-state index in [1.165, 1.54) is 0 Å². The van der Waals surface area contributed by atoms with Crippen molar-refractivity contribution in [1.82, 2.24) is 19.9 Å². The van der Waals surface area contributed by atoms with Crippen LogP contribution in [0.1, 0.15) is 0 Å². The minimum absolute atomic E-state index is 0.176. The lowest BCUT2D eigenvalue weighted by molar-refractivity contribution is 0.457. The van der Waals surface area contributed by atoms with Crippen molar-refractivity contribution in [2.75, 3.05) is 0 Å². The highest BCUT2D eigenvalue weighted by Gasteiger charge is 2.27. The first kappa shape index (κ1) is 11.5. The summed E-state index contributed by atoms with van der Waals surface area (Å²) in [6, 6.07) is 0. The first-order valence-electron chi connectivity index (χ1n) is 4.58. The van der Waals surface area contributed by atoms with Crippen molar-refractivity contribution in [3.05, 3.63) is 21.0 Å². The summed E-state index contributed by atoms with van der Waals surface area (Å²) in [4.78, 5) is 31.1. The summed E-state index contributed by atoms with van der Waals surface area (Å²) >= 11 is 0. The van der Waals surface area contributed by atoms with Crippen molar-refractivity contribution >= 4 is 30.2 Å². The van der Waals surface area contributed by atoms with Gasteiger partial charge in [0.25, 0.3) is 9.04 Å². The van der Waals surface area contributed by atoms with E-state index in [2.05, 4.69) is 19.9 Å². The molecule has 0 bridgehead atoms. The number of rotatable bonds is 3. The molecular formula is C6H10N4O5Si2. The lowest BCUT2D eigenvalue weighted by Gasteiger charge is -2.10. The van der Waals surface area contributed by atoms with Crippen LogP contribution in [0.3, 0.4) is 0 Å². The summed E-state index contributed by atoms with van der Waals surface area (Å²) in [7, 11) is -2.15. The number of aromatic amines is 4. The van der Waals surface area contributed by atoms with Gasteiger partial charge in [-0.2, -0.15) is 0 Å². The normalized spacial score (nSPS) is 11.4. The Hall–Kier alpha value is -1.99. The molecule has 2 aromatic rings. The van der Waals surface area contributed by atoms with E-state index in [-0.39, 0.29) is 22.4 Å². The van der Waals surface area contributed by atoms with Crippen molar-refractivity contribution in [2.24, 2.45) is 0 Å². The molecule has 0 fully saturated rings. The van der Waals surface area contributed by atoms with Crippen LogP contribution in [-0.2, 0) is 4.12 Å². The van der Waals surface area contributed by atoms with Gasteiger partial charge in [0.15, 0.2) is 0 Å². The summed E-state index contributed by atoms with van der Waals surface area (Å²) in [5.41, 5.74) is -1.16. The van der Waals surface area contributed by atoms with E-state index in [4.69, 9.17) is 4.12 Å². The maximum atomic E-state index is 11.0. The van der Waals surface area contributed by atoms with Gasteiger partial charge in [0.05, 0.1) is 10.6 Å². The number of hydrogen-bond acceptors (Lipinski definition) is 5. The molecule has 2 rings (SSSR count). The molecular weight excluding hydrogens is 264 g/mol. The van der Waals surface area contributed by atoms with Crippen molar-refractivity contribution in [3.63, 3.8) is 0 Å². The Morgan fingerprint density at radius 3 is 1.59 bits per heavy atom. The number of H-pyrrole nitrogens is 4. The van der Waals surface area contributed by atoms with Crippen LogP contribution in [0.2, 0.25) is 0 Å². The molecule has 0 aromatic carbocycles. The molecule has 6 N–H and O–H groups in total. The fraction of sp³-hybridized carbons (Fsp3) is 0. The van der Waals surface area contributed by atoms with Gasteiger partial charge in [0.1, 0.15) is 10.5 Å². The molecule has 2 aromatic heterocycles. The third kappa shape index (κ3) is 1.97. The Labute approximate surface area is 97.8 Å². The standard InChI is InChI=1S/C6H10N4O5Si2/c11-1-3(9-5(13)7-1)17(15-16)4-2(12)8-6(14)10-4/h11-12,17H,16H3,(H2,7,9,13)(H2,8,10,14). The van der Waals surface area contributed by atoms with E-state index in [9.17, 15) is 19.8 Å². The van der Waals surface area contributed by atoms with Gasteiger partial charge in [-0.15, -0.1) is 0 Å². The second kappa shape index (κ2) is 4.12. The molecule has 0 saturated carbocycles. The van der Waals surface area contributed by atoms with E-state index < -0.39 is 20.4 Å². The molecule has 92 valence electrons. The Morgan fingerprint density at radius 2 is 1.35 bits per heavy atom. The molecule has 0 unspecified atom stereocenters. The summed E-state index contributed by atoms with van der Waals surface area (Å²) in [5, 5.41) is 19.3. The summed E-state index contributed by atoms with van der Waals surface area (Å²) in [6.45, 7) is 0. The van der Waals surface area contributed by atoms with Gasteiger partial charge < -0.3 is 24.3 Å². The predicted octanol–water partition coefficient (Wildman–Crippen LogP) is -4.73. The van der Waals surface area contributed by atoms with Crippen LogP contribution in [0.4, 0.5) is 0 Å². The van der Waals surface area contributed by atoms with E-state index in [0.717, 1.165) is 0 Å². The topological polar surface area (TPSA) is 147 Å². The van der Waals surface area contributed by atoms with E-state index in [1.54, 1.807) is 0 Å². The van der Waals surface area contributed by atoms with Gasteiger partial charge in [-0.1, -0.05) is 0 Å². The number of imidazole rings is 2. The maximum Gasteiger partial charge on any atom is 0.325 e. The fourth-order valence-corrected chi connectivity index (χ4v) is 4.87. The second-order valence-corrected chi connectivity index (χ2v) is 7.10. The lowest BCUT2D eigenvalue weighted by atomic mass is 10.8. The molecule has 0 spiro atoms. The molecule has 17 heavy (non-hydrogen) atoms. The summed E-state index contributed by atoms with van der Waals surface area (Å²) in [5.74, 6) is -0.687. The number of aromatic nitrogens is 4. The van der Waals surface area contributed by atoms with Gasteiger partial charge >= 0.3 is 11.4 Å². The van der Waals surface area contributed by atoms with Gasteiger partial charge in [0.2, 0.25) is 11.8 Å². The number of aromatic hydroxyl groups is 2. The third-order valence-electron chi connectivity index (χ3n) is 2.23. The Kier molecular flexibility index (Phi) is 2.78. The zero-order valence-electron chi connectivity index (χ0n) is 8.70. The van der Waals surface area contributed by atoms with Crippen LogP contribution in [0.25, 0.3) is 0 Å². The zero-order valence-corrected chi connectivity index (χ0v) is 11.9. The van der Waals surface area contributed by atoms with E-state index >= 15 is 0 Å². The average molecular weight is 274 g/mol. The monoisotopic (exact) mass is 274 g/mol. The number of hydrogen-bond donors (Lipinski definition) is 6. The fourth-order valence-electron chi connectivity index (χ4n) is 1.53. The number of nitrogens with one attached hydrogen (secondary N) is 4. The Balaban J connectivity index is 2.54. The molecule has 9 nitrogen and oxygen atoms in total. The van der Waals surface area contributed by atoms with Gasteiger partial charge in [0, 0.05) is 0 Å². The molecule has 0 aliphatic heterocycles. The third-order valence-corrected chi connectivity index (χ3v) is 6.00. The smallest absolute Gasteiger partial charge is 0.325 e. The van der Waals surface area contributed by atoms with E-state index in [0.29, 0.717) is 10.5 Å². The van der Waals surface area contributed by atoms with Gasteiger partial charge in [-0.25, -0.2) is 9.59 Å². The molecule has 0 saturated heterocycles. The van der Waals surface area contributed by atoms with Crippen molar-refractivity contribution in [1.29, 1.82) is 0 Å². The summed E-state index contributed by atoms with van der Waals surface area (Å²) < 4.78 is 5.29. The molecule has 2 heterocycles. The van der Waals surface area contributed by atoms with Crippen LogP contribution in [0.5, 0.6) is 11.8 Å². The SMILES string of the molecule is O=c1[nH]c(O)c([SiH](O[SiH3])c2[nH]c(=O)[nH]c2O)[nH]1. The van der Waals surface area contributed by atoms with Crippen LogP contribution in [-0.4, -0.2) is 49.7 Å². The minimum atomic E-state index is -2.48. The van der Waals surface area contributed by atoms with Gasteiger partial charge in [-0.3, -0.25) is 9.97 Å². The lowest BCUT2D eigenvalue weighted by Crippen LogP contribution is -2.47. The zero-order chi connectivity index (χ0) is 12.6. The summed E-state index contributed by atoms with van der Waals surface area (Å²) in [6.07, 6.45) is 0. The quantitative estimate of drug-likeness (QED) is 0.311. The molecule has 0 amide bonds. The first-order valence-corrected chi connectivity index (χ1v) is 7.02. The van der Waals surface area contributed by atoms with Crippen LogP contribution in [0.15, 0.2) is 9.59 Å². The molecule has 11 heteroatoms. The molecule has 0 aliphatic carbocycles. The van der Waals surface area contributed by atoms with Crippen LogP contribution < -0.4 is 22.0 Å². The largest absolute Gasteiger partial charge is 0.493 e. The van der Waals surface area contributed by atoms with Crippen molar-refractivity contribution in [2.45, 2.75) is 0 Å². The molecule has 0 radical (unpaired) electrons. The van der Waals surface area contributed by atoms with Crippen molar-refractivity contribution in [3.8, 4) is 11.8 Å². The van der Waals surface area contributed by atoms with E-state index in [1.807, 2.05) is 0 Å². The minimum Gasteiger partial charge on any atom is -0.493 e. The van der Waals surface area contributed by atoms with Crippen molar-refractivity contribution < 1.29 is 14.3 Å². The highest BCUT2D eigenvalue weighted by atomic mass is 28.3. The van der Waals surface area contributed by atoms with Gasteiger partial charge in [-0.05, 0) is 0 Å². The average Bonchev–Trinajstić information content (AvgIpc) is 2.73. The molecule has 0 atom stereocenters. The first-order chi connectivity index (χ1) is 8.02.